The lowest BCUT2D eigenvalue weighted by Crippen LogP contribution is -2.53. The highest BCUT2D eigenvalue weighted by atomic mass is 16.5. The fraction of sp³-hybridized carbons (Fsp3) is 0.400. The molecule has 1 saturated heterocycles. The first-order valence-electron chi connectivity index (χ1n) is 6.97. The molecule has 0 radical (unpaired) electrons. The van der Waals surface area contributed by atoms with E-state index in [0.717, 1.165) is 0 Å². The second kappa shape index (κ2) is 6.57. The first-order chi connectivity index (χ1) is 10.5. The maximum absolute atomic E-state index is 12.0. The van der Waals surface area contributed by atoms with Gasteiger partial charge in [-0.1, -0.05) is 12.1 Å². The van der Waals surface area contributed by atoms with Crippen molar-refractivity contribution < 1.29 is 24.2 Å². The number of hydrogen-bond donors (Lipinski definition) is 1. The summed E-state index contributed by atoms with van der Waals surface area (Å²) >= 11 is 0. The zero-order valence-corrected chi connectivity index (χ0v) is 12.5. The number of rotatable bonds is 4. The van der Waals surface area contributed by atoms with Crippen LogP contribution in [-0.2, 0) is 19.1 Å². The van der Waals surface area contributed by atoms with Crippen molar-refractivity contribution >= 4 is 23.5 Å². The van der Waals surface area contributed by atoms with Crippen molar-refractivity contribution in [1.29, 1.82) is 0 Å². The monoisotopic (exact) mass is 306 g/mol. The van der Waals surface area contributed by atoms with Crippen LogP contribution in [0.1, 0.15) is 18.6 Å². The average Bonchev–Trinajstić information content (AvgIpc) is 2.52. The van der Waals surface area contributed by atoms with E-state index in [2.05, 4.69) is 0 Å². The third-order valence-electron chi connectivity index (χ3n) is 3.44. The number of amides is 2. The van der Waals surface area contributed by atoms with Crippen LogP contribution in [0.25, 0.3) is 0 Å². The molecule has 1 aromatic rings. The standard InChI is InChI=1S/C15H18N2O5/c1-3-22-15(21)12(18)10-5-4-6-11(9-10)17-8-7-16(2)13(19)14(17)20/h4-6,9,12,18H,3,7-8H2,1-2H3. The molecule has 7 nitrogen and oxygen atoms in total. The predicted octanol–water partition coefficient (Wildman–Crippen LogP) is 0.0881. The molecule has 0 spiro atoms. The van der Waals surface area contributed by atoms with Crippen molar-refractivity contribution in [2.45, 2.75) is 13.0 Å². The number of likely N-dealkylation sites (N-methyl/N-ethyl adjacent to an activating group) is 1. The van der Waals surface area contributed by atoms with Crippen molar-refractivity contribution in [3.8, 4) is 0 Å². The summed E-state index contributed by atoms with van der Waals surface area (Å²) in [4.78, 5) is 38.0. The van der Waals surface area contributed by atoms with Gasteiger partial charge in [0.05, 0.1) is 6.61 Å². The first kappa shape index (κ1) is 16.0. The predicted molar refractivity (Wildman–Crippen MR) is 78.0 cm³/mol. The van der Waals surface area contributed by atoms with Crippen LogP contribution >= 0.6 is 0 Å². The van der Waals surface area contributed by atoms with Gasteiger partial charge in [0.15, 0.2) is 6.10 Å². The van der Waals surface area contributed by atoms with Crippen molar-refractivity contribution in [2.24, 2.45) is 0 Å². The number of aliphatic hydroxyl groups excluding tert-OH is 1. The maximum atomic E-state index is 12.0. The van der Waals surface area contributed by atoms with Gasteiger partial charge in [-0.15, -0.1) is 0 Å². The number of piperazine rings is 1. The fourth-order valence-electron chi connectivity index (χ4n) is 2.20. The van der Waals surface area contributed by atoms with E-state index in [1.165, 1.54) is 15.9 Å². The second-order valence-corrected chi connectivity index (χ2v) is 4.93. The molecule has 0 aliphatic carbocycles. The van der Waals surface area contributed by atoms with E-state index in [-0.39, 0.29) is 6.61 Å². The number of anilines is 1. The fourth-order valence-corrected chi connectivity index (χ4v) is 2.20. The summed E-state index contributed by atoms with van der Waals surface area (Å²) in [5.74, 6) is -1.96. The lowest BCUT2D eigenvalue weighted by atomic mass is 10.1. The molecule has 0 saturated carbocycles. The third-order valence-corrected chi connectivity index (χ3v) is 3.44. The van der Waals surface area contributed by atoms with E-state index in [1.54, 1.807) is 32.2 Å². The summed E-state index contributed by atoms with van der Waals surface area (Å²) in [5, 5.41) is 9.95. The van der Waals surface area contributed by atoms with Crippen LogP contribution in [0.15, 0.2) is 24.3 Å². The molecule has 0 aromatic heterocycles. The van der Waals surface area contributed by atoms with Crippen LogP contribution in [0, 0.1) is 0 Å². The van der Waals surface area contributed by atoms with Crippen molar-refractivity contribution in [2.75, 3.05) is 31.6 Å². The highest BCUT2D eigenvalue weighted by molar-refractivity contribution is 6.40. The minimum atomic E-state index is -1.42. The van der Waals surface area contributed by atoms with Gasteiger partial charge in [0.2, 0.25) is 0 Å². The Hall–Kier alpha value is -2.41. The molecule has 1 aromatic carbocycles. The number of carbonyl (C=O) groups excluding carboxylic acids is 3. The van der Waals surface area contributed by atoms with Crippen molar-refractivity contribution in [1.82, 2.24) is 4.90 Å². The summed E-state index contributed by atoms with van der Waals surface area (Å²) in [7, 11) is 1.57. The lowest BCUT2D eigenvalue weighted by molar-refractivity contribution is -0.153. The maximum Gasteiger partial charge on any atom is 0.339 e. The van der Waals surface area contributed by atoms with Gasteiger partial charge >= 0.3 is 17.8 Å². The van der Waals surface area contributed by atoms with Crippen LogP contribution in [0.2, 0.25) is 0 Å². The van der Waals surface area contributed by atoms with Crippen molar-refractivity contribution in [3.05, 3.63) is 29.8 Å². The molecule has 7 heteroatoms. The van der Waals surface area contributed by atoms with Crippen LogP contribution in [0.3, 0.4) is 0 Å². The molecule has 1 aliphatic heterocycles. The number of carbonyl (C=O) groups is 3. The molecule has 118 valence electrons. The Kier molecular flexibility index (Phi) is 4.77. The summed E-state index contributed by atoms with van der Waals surface area (Å²) in [6.45, 7) is 2.60. The number of hydrogen-bond acceptors (Lipinski definition) is 5. The number of esters is 1. The molecular formula is C15H18N2O5. The topological polar surface area (TPSA) is 87.2 Å². The van der Waals surface area contributed by atoms with Crippen LogP contribution in [-0.4, -0.2) is 54.5 Å². The Balaban J connectivity index is 2.23. The Labute approximate surface area is 128 Å². The quantitative estimate of drug-likeness (QED) is 0.629. The van der Waals surface area contributed by atoms with Gasteiger partial charge in [-0.25, -0.2) is 4.79 Å². The van der Waals surface area contributed by atoms with Gasteiger partial charge in [0.1, 0.15) is 0 Å². The number of nitrogens with zero attached hydrogens (tertiary/aromatic N) is 2. The van der Waals surface area contributed by atoms with E-state index in [4.69, 9.17) is 4.74 Å². The average molecular weight is 306 g/mol. The normalized spacial score (nSPS) is 16.7. The van der Waals surface area contributed by atoms with Gasteiger partial charge in [-0.2, -0.15) is 0 Å². The van der Waals surface area contributed by atoms with E-state index < -0.39 is 23.9 Å². The molecule has 1 aliphatic rings. The zero-order valence-electron chi connectivity index (χ0n) is 12.5. The highest BCUT2D eigenvalue weighted by Crippen LogP contribution is 2.23. The first-order valence-corrected chi connectivity index (χ1v) is 6.97. The molecule has 1 fully saturated rings. The summed E-state index contributed by atoms with van der Waals surface area (Å²) < 4.78 is 4.77. The molecule has 1 heterocycles. The Morgan fingerprint density at radius 1 is 1.32 bits per heavy atom. The molecule has 2 rings (SSSR count). The lowest BCUT2D eigenvalue weighted by Gasteiger charge is -2.31. The molecule has 1 unspecified atom stereocenters. The molecule has 2 amide bonds. The third kappa shape index (κ3) is 3.09. The summed E-state index contributed by atoms with van der Waals surface area (Å²) in [6.07, 6.45) is -1.42. The minimum Gasteiger partial charge on any atom is -0.464 e. The summed E-state index contributed by atoms with van der Waals surface area (Å²) in [5.41, 5.74) is 0.780. The van der Waals surface area contributed by atoms with Crippen LogP contribution in [0.4, 0.5) is 5.69 Å². The van der Waals surface area contributed by atoms with Crippen LogP contribution < -0.4 is 4.90 Å². The molecule has 1 N–H and O–H groups in total. The Morgan fingerprint density at radius 3 is 2.73 bits per heavy atom. The Morgan fingerprint density at radius 2 is 2.05 bits per heavy atom. The second-order valence-electron chi connectivity index (χ2n) is 4.93. The number of ether oxygens (including phenoxy) is 1. The minimum absolute atomic E-state index is 0.168. The molecular weight excluding hydrogens is 288 g/mol. The zero-order chi connectivity index (χ0) is 16.3. The van der Waals surface area contributed by atoms with E-state index in [1.807, 2.05) is 0 Å². The summed E-state index contributed by atoms with van der Waals surface area (Å²) in [6, 6.07) is 6.34. The van der Waals surface area contributed by atoms with Gasteiger partial charge in [0.25, 0.3) is 0 Å². The van der Waals surface area contributed by atoms with E-state index in [0.29, 0.717) is 24.3 Å². The smallest absolute Gasteiger partial charge is 0.339 e. The van der Waals surface area contributed by atoms with E-state index >= 15 is 0 Å². The highest BCUT2D eigenvalue weighted by Gasteiger charge is 2.31. The largest absolute Gasteiger partial charge is 0.464 e. The SMILES string of the molecule is CCOC(=O)C(O)c1cccc(N2CCN(C)C(=O)C2=O)c1. The van der Waals surface area contributed by atoms with Gasteiger partial charge in [0, 0.05) is 25.8 Å². The van der Waals surface area contributed by atoms with Gasteiger partial charge in [-0.3, -0.25) is 9.59 Å². The number of benzene rings is 1. The van der Waals surface area contributed by atoms with Gasteiger partial charge in [-0.05, 0) is 24.6 Å². The van der Waals surface area contributed by atoms with Gasteiger partial charge < -0.3 is 19.6 Å². The molecule has 1 atom stereocenters. The molecule has 22 heavy (non-hydrogen) atoms. The number of aliphatic hydroxyl groups is 1. The Bertz CT molecular complexity index is 601. The molecule has 0 bridgehead atoms. The van der Waals surface area contributed by atoms with E-state index in [9.17, 15) is 19.5 Å². The van der Waals surface area contributed by atoms with Crippen molar-refractivity contribution in [3.63, 3.8) is 0 Å². The van der Waals surface area contributed by atoms with Crippen LogP contribution in [0.5, 0.6) is 0 Å².